The Morgan fingerprint density at radius 2 is 1.67 bits per heavy atom. The van der Waals surface area contributed by atoms with Gasteiger partial charge in [0.15, 0.2) is 5.16 Å². The molecule has 30 heavy (non-hydrogen) atoms. The van der Waals surface area contributed by atoms with Gasteiger partial charge in [-0.2, -0.15) is 4.98 Å². The molecule has 0 bridgehead atoms. The predicted octanol–water partition coefficient (Wildman–Crippen LogP) is 4.65. The Balaban J connectivity index is 1.70. The van der Waals surface area contributed by atoms with Crippen molar-refractivity contribution >= 4 is 34.4 Å². The van der Waals surface area contributed by atoms with Crippen LogP contribution in [0, 0.1) is 9.39 Å². The molecule has 0 aliphatic heterocycles. The molecule has 0 saturated heterocycles. The third-order valence-electron chi connectivity index (χ3n) is 4.36. The topological polar surface area (TPSA) is 60.7 Å². The fraction of sp³-hybridized carbons (Fsp3) is 0.0909. The van der Waals surface area contributed by atoms with Crippen LogP contribution in [0.3, 0.4) is 0 Å². The van der Waals surface area contributed by atoms with E-state index in [1.165, 1.54) is 30.2 Å². The summed E-state index contributed by atoms with van der Waals surface area (Å²) in [5.74, 6) is 0.301. The van der Waals surface area contributed by atoms with E-state index in [4.69, 9.17) is 0 Å². The number of hydrogen-bond donors (Lipinski definition) is 0. The first-order chi connectivity index (χ1) is 14.6. The van der Waals surface area contributed by atoms with E-state index in [1.54, 1.807) is 24.5 Å². The Bertz CT molecular complexity index is 1200. The number of nitrogens with zero attached hydrogens (tertiary/aromatic N) is 4. The van der Waals surface area contributed by atoms with Gasteiger partial charge in [0.1, 0.15) is 12.1 Å². The van der Waals surface area contributed by atoms with Gasteiger partial charge >= 0.3 is 0 Å². The summed E-state index contributed by atoms with van der Waals surface area (Å²) in [6.07, 6.45) is 7.08. The van der Waals surface area contributed by atoms with Crippen molar-refractivity contribution in [2.24, 2.45) is 0 Å². The molecule has 8 heteroatoms. The molecule has 4 rings (SSSR count). The van der Waals surface area contributed by atoms with E-state index in [0.717, 1.165) is 20.4 Å². The molecule has 0 N–H and O–H groups in total. The normalized spacial score (nSPS) is 10.9. The third kappa shape index (κ3) is 5.11. The van der Waals surface area contributed by atoms with E-state index in [1.807, 2.05) is 35.0 Å². The molecular formula is C22H16FIN4OS. The number of hydrogen-bond acceptors (Lipinski definition) is 5. The predicted molar refractivity (Wildman–Crippen MR) is 123 cm³/mol. The van der Waals surface area contributed by atoms with Gasteiger partial charge in [-0.05, 0) is 70.1 Å². The van der Waals surface area contributed by atoms with Crippen molar-refractivity contribution in [1.29, 1.82) is 0 Å². The zero-order valence-electron chi connectivity index (χ0n) is 15.7. The van der Waals surface area contributed by atoms with Crippen LogP contribution in [0.2, 0.25) is 0 Å². The van der Waals surface area contributed by atoms with E-state index in [9.17, 15) is 9.18 Å². The lowest BCUT2D eigenvalue weighted by Gasteiger charge is -2.14. The third-order valence-corrected chi connectivity index (χ3v) is 6.10. The van der Waals surface area contributed by atoms with Gasteiger partial charge < -0.3 is 0 Å². The molecule has 0 fully saturated rings. The lowest BCUT2D eigenvalue weighted by molar-refractivity contribution is 0.627. The first kappa shape index (κ1) is 20.7. The molecule has 2 aromatic carbocycles. The minimum absolute atomic E-state index is 0.271. The molecule has 2 heterocycles. The first-order valence-corrected chi connectivity index (χ1v) is 11.1. The van der Waals surface area contributed by atoms with Crippen LogP contribution in [0.4, 0.5) is 4.39 Å². The average molecular weight is 530 g/mol. The van der Waals surface area contributed by atoms with Crippen LogP contribution in [0.5, 0.6) is 0 Å². The second kappa shape index (κ2) is 9.48. The van der Waals surface area contributed by atoms with E-state index in [2.05, 4.69) is 37.5 Å². The molecule has 0 unspecified atom stereocenters. The molecule has 2 aromatic heterocycles. The highest BCUT2D eigenvalue weighted by molar-refractivity contribution is 14.1. The second-order valence-corrected chi connectivity index (χ2v) is 8.73. The second-order valence-electron chi connectivity index (χ2n) is 6.54. The zero-order chi connectivity index (χ0) is 20.9. The highest BCUT2D eigenvalue weighted by Crippen LogP contribution is 2.24. The Kier molecular flexibility index (Phi) is 6.53. The van der Waals surface area contributed by atoms with Crippen LogP contribution in [0.15, 0.2) is 83.4 Å². The van der Waals surface area contributed by atoms with Crippen LogP contribution >= 0.6 is 34.4 Å². The lowest BCUT2D eigenvalue weighted by Crippen LogP contribution is -2.19. The zero-order valence-corrected chi connectivity index (χ0v) is 18.7. The van der Waals surface area contributed by atoms with Gasteiger partial charge in [0.05, 0.1) is 0 Å². The molecule has 0 aliphatic rings. The molecule has 0 atom stereocenters. The first-order valence-electron chi connectivity index (χ1n) is 9.08. The minimum atomic E-state index is -0.276. The summed E-state index contributed by atoms with van der Waals surface area (Å²) in [5, 5.41) is 0.582. The van der Waals surface area contributed by atoms with Gasteiger partial charge in [-0.15, -0.1) is 0 Å². The van der Waals surface area contributed by atoms with Crippen molar-refractivity contribution in [1.82, 2.24) is 19.5 Å². The SMILES string of the molecule is O=c1nc(SCc2ccc(F)cc2)n(-c2ccc(I)cc2)cc1Cc1cncnc1. The molecule has 0 aliphatic carbocycles. The molecule has 0 radical (unpaired) electrons. The van der Waals surface area contributed by atoms with Gasteiger partial charge in [-0.1, -0.05) is 23.9 Å². The molecule has 0 amide bonds. The Labute approximate surface area is 190 Å². The van der Waals surface area contributed by atoms with Gasteiger partial charge in [-0.3, -0.25) is 9.36 Å². The van der Waals surface area contributed by atoms with Gasteiger partial charge in [-0.25, -0.2) is 14.4 Å². The summed E-state index contributed by atoms with van der Waals surface area (Å²) in [6.45, 7) is 0. The highest BCUT2D eigenvalue weighted by Gasteiger charge is 2.12. The van der Waals surface area contributed by atoms with Crippen LogP contribution in [0.1, 0.15) is 16.7 Å². The number of benzene rings is 2. The average Bonchev–Trinajstić information content (AvgIpc) is 2.76. The standard InChI is InChI=1S/C22H16FIN4OS/c23-18-3-1-15(2-4-18)13-30-22-27-21(29)17(9-16-10-25-14-26-11-16)12-28(22)20-7-5-19(24)6-8-20/h1-8,10-12,14H,9,13H2. The van der Waals surface area contributed by atoms with E-state index < -0.39 is 0 Å². The van der Waals surface area contributed by atoms with Gasteiger partial charge in [0.25, 0.3) is 5.56 Å². The lowest BCUT2D eigenvalue weighted by atomic mass is 10.1. The van der Waals surface area contributed by atoms with Crippen molar-refractivity contribution in [3.8, 4) is 5.69 Å². The molecule has 0 saturated carbocycles. The van der Waals surface area contributed by atoms with Crippen LogP contribution in [0.25, 0.3) is 5.69 Å². The summed E-state index contributed by atoms with van der Waals surface area (Å²) >= 11 is 3.69. The maximum absolute atomic E-state index is 13.2. The van der Waals surface area contributed by atoms with E-state index in [-0.39, 0.29) is 11.4 Å². The van der Waals surface area contributed by atoms with Crippen molar-refractivity contribution in [3.05, 3.63) is 110 Å². The molecular weight excluding hydrogens is 514 g/mol. The number of halogens is 2. The molecule has 150 valence electrons. The van der Waals surface area contributed by atoms with Crippen molar-refractivity contribution in [2.75, 3.05) is 0 Å². The quantitative estimate of drug-likeness (QED) is 0.207. The summed E-state index contributed by atoms with van der Waals surface area (Å²) in [6, 6.07) is 14.3. The smallest absolute Gasteiger partial charge is 0.277 e. The fourth-order valence-corrected chi connectivity index (χ4v) is 4.15. The maximum Gasteiger partial charge on any atom is 0.277 e. The monoisotopic (exact) mass is 530 g/mol. The van der Waals surface area contributed by atoms with Crippen molar-refractivity contribution in [3.63, 3.8) is 0 Å². The number of thioether (sulfide) groups is 1. The van der Waals surface area contributed by atoms with E-state index in [0.29, 0.717) is 22.9 Å². The fourth-order valence-electron chi connectivity index (χ4n) is 2.86. The largest absolute Gasteiger partial charge is 0.296 e. The van der Waals surface area contributed by atoms with Crippen LogP contribution in [-0.4, -0.2) is 19.5 Å². The molecule has 4 aromatic rings. The highest BCUT2D eigenvalue weighted by atomic mass is 127. The van der Waals surface area contributed by atoms with Crippen LogP contribution in [-0.2, 0) is 12.2 Å². The summed E-state index contributed by atoms with van der Waals surface area (Å²) in [4.78, 5) is 25.1. The Hall–Kier alpha value is -2.59. The Morgan fingerprint density at radius 1 is 0.967 bits per heavy atom. The number of rotatable bonds is 6. The van der Waals surface area contributed by atoms with Gasteiger partial charge in [0, 0.05) is 45.6 Å². The minimum Gasteiger partial charge on any atom is -0.296 e. The summed E-state index contributed by atoms with van der Waals surface area (Å²) in [5.41, 5.74) is 3.00. The van der Waals surface area contributed by atoms with Gasteiger partial charge in [0.2, 0.25) is 0 Å². The number of aromatic nitrogens is 4. The summed E-state index contributed by atoms with van der Waals surface area (Å²) < 4.78 is 16.2. The molecule has 0 spiro atoms. The Morgan fingerprint density at radius 3 is 2.37 bits per heavy atom. The molecule has 5 nitrogen and oxygen atoms in total. The summed E-state index contributed by atoms with van der Waals surface area (Å²) in [7, 11) is 0. The maximum atomic E-state index is 13.2. The van der Waals surface area contributed by atoms with E-state index >= 15 is 0 Å². The van der Waals surface area contributed by atoms with Crippen molar-refractivity contribution < 1.29 is 4.39 Å². The van der Waals surface area contributed by atoms with Crippen LogP contribution < -0.4 is 5.56 Å². The van der Waals surface area contributed by atoms with Crippen molar-refractivity contribution in [2.45, 2.75) is 17.3 Å².